The molecule has 33 heavy (non-hydrogen) atoms. The molecule has 0 atom stereocenters. The molecule has 3 N–H and O–H groups in total. The van der Waals surface area contributed by atoms with Gasteiger partial charge in [-0.05, 0) is 49.6 Å². The lowest BCUT2D eigenvalue weighted by Crippen LogP contribution is -2.25. The van der Waals surface area contributed by atoms with Crippen molar-refractivity contribution in [2.75, 3.05) is 11.4 Å². The van der Waals surface area contributed by atoms with Gasteiger partial charge >= 0.3 is 0 Å². The van der Waals surface area contributed by atoms with Gasteiger partial charge in [-0.15, -0.1) is 0 Å². The molecule has 0 saturated carbocycles. The number of unbranched alkanes of at least 4 members (excludes halogenated alkanes) is 3. The fourth-order valence-electron chi connectivity index (χ4n) is 3.40. The van der Waals surface area contributed by atoms with Gasteiger partial charge in [-0.2, -0.15) is 0 Å². The van der Waals surface area contributed by atoms with Crippen molar-refractivity contribution in [3.8, 4) is 0 Å². The van der Waals surface area contributed by atoms with E-state index in [4.69, 9.17) is 5.21 Å². The Hall–Kier alpha value is -3.78. The van der Waals surface area contributed by atoms with Gasteiger partial charge in [0.05, 0.1) is 5.56 Å². The molecule has 0 saturated heterocycles. The van der Waals surface area contributed by atoms with E-state index in [0.717, 1.165) is 36.2 Å². The minimum Gasteiger partial charge on any atom is -0.352 e. The number of rotatable bonds is 11. The van der Waals surface area contributed by atoms with Gasteiger partial charge in [0.1, 0.15) is 0 Å². The summed E-state index contributed by atoms with van der Waals surface area (Å²) >= 11 is 0. The van der Waals surface area contributed by atoms with Crippen LogP contribution in [0.4, 0.5) is 17.3 Å². The summed E-state index contributed by atoms with van der Waals surface area (Å²) in [4.78, 5) is 34.3. The summed E-state index contributed by atoms with van der Waals surface area (Å²) in [5, 5.41) is 11.3. The number of benzene rings is 2. The van der Waals surface area contributed by atoms with Crippen LogP contribution in [0.5, 0.6) is 0 Å². The SMILES string of the molecule is Cc1cccc(N(c2ccccc2)c2ncc(C(=O)NCCCCCCC(=O)NO)cn2)c1. The van der Waals surface area contributed by atoms with Gasteiger partial charge in [-0.1, -0.05) is 43.2 Å². The van der Waals surface area contributed by atoms with Crippen LogP contribution >= 0.6 is 0 Å². The number of para-hydroxylation sites is 1. The fourth-order valence-corrected chi connectivity index (χ4v) is 3.40. The van der Waals surface area contributed by atoms with Crippen LogP contribution in [0.1, 0.15) is 48.0 Å². The maximum Gasteiger partial charge on any atom is 0.254 e. The molecule has 0 fully saturated rings. The van der Waals surface area contributed by atoms with E-state index >= 15 is 0 Å². The molecule has 1 heterocycles. The number of nitrogens with zero attached hydrogens (tertiary/aromatic N) is 3. The van der Waals surface area contributed by atoms with Gasteiger partial charge in [0.2, 0.25) is 11.9 Å². The van der Waals surface area contributed by atoms with Crippen molar-refractivity contribution in [1.29, 1.82) is 0 Å². The quantitative estimate of drug-likeness (QED) is 0.228. The van der Waals surface area contributed by atoms with Crippen LogP contribution in [0.3, 0.4) is 0 Å². The number of amides is 2. The number of anilines is 3. The third kappa shape index (κ3) is 7.11. The molecule has 3 rings (SSSR count). The van der Waals surface area contributed by atoms with Crippen molar-refractivity contribution < 1.29 is 14.8 Å². The molecule has 3 aromatic rings. The van der Waals surface area contributed by atoms with E-state index < -0.39 is 0 Å². The Morgan fingerprint density at radius 1 is 0.909 bits per heavy atom. The van der Waals surface area contributed by atoms with Crippen molar-refractivity contribution in [3.63, 3.8) is 0 Å². The Balaban J connectivity index is 1.59. The molecule has 0 aliphatic carbocycles. The van der Waals surface area contributed by atoms with Crippen LogP contribution in [0.2, 0.25) is 0 Å². The van der Waals surface area contributed by atoms with Crippen LogP contribution in [0.25, 0.3) is 0 Å². The zero-order chi connectivity index (χ0) is 23.5. The molecule has 8 nitrogen and oxygen atoms in total. The van der Waals surface area contributed by atoms with Gasteiger partial charge in [-0.25, -0.2) is 15.4 Å². The third-order valence-electron chi connectivity index (χ3n) is 5.12. The second-order valence-electron chi connectivity index (χ2n) is 7.74. The summed E-state index contributed by atoms with van der Waals surface area (Å²) in [6.45, 7) is 2.57. The van der Waals surface area contributed by atoms with E-state index in [9.17, 15) is 9.59 Å². The van der Waals surface area contributed by atoms with Gasteiger partial charge in [0.25, 0.3) is 5.91 Å². The average molecular weight is 448 g/mol. The van der Waals surface area contributed by atoms with E-state index in [1.54, 1.807) is 5.48 Å². The minimum absolute atomic E-state index is 0.219. The Morgan fingerprint density at radius 2 is 1.61 bits per heavy atom. The summed E-state index contributed by atoms with van der Waals surface area (Å²) in [6, 6.07) is 17.9. The Morgan fingerprint density at radius 3 is 2.30 bits per heavy atom. The molecular formula is C25H29N5O3. The molecule has 8 heteroatoms. The Kier molecular flexibility index (Phi) is 8.90. The van der Waals surface area contributed by atoms with Crippen LogP contribution in [-0.2, 0) is 4.79 Å². The van der Waals surface area contributed by atoms with E-state index in [1.165, 1.54) is 12.4 Å². The minimum atomic E-state index is -0.375. The predicted octanol–water partition coefficient (Wildman–Crippen LogP) is 4.44. The summed E-state index contributed by atoms with van der Waals surface area (Å²) < 4.78 is 0. The standard InChI is InChI=1S/C25H29N5O3/c1-19-10-9-13-22(16-19)30(21-11-5-4-6-12-21)25-27-17-20(18-28-25)24(32)26-15-8-3-2-7-14-23(31)29-33/h4-6,9-13,16-18,33H,2-3,7-8,14-15H2,1H3,(H,26,32)(H,29,31). The van der Waals surface area contributed by atoms with E-state index in [1.807, 2.05) is 60.4 Å². The summed E-state index contributed by atoms with van der Waals surface area (Å²) in [5.74, 6) is -0.113. The van der Waals surface area contributed by atoms with Gasteiger partial charge in [0.15, 0.2) is 0 Å². The van der Waals surface area contributed by atoms with Crippen LogP contribution < -0.4 is 15.7 Å². The van der Waals surface area contributed by atoms with Crippen molar-refractivity contribution in [3.05, 3.63) is 78.1 Å². The summed E-state index contributed by atoms with van der Waals surface area (Å²) in [7, 11) is 0. The lowest BCUT2D eigenvalue weighted by atomic mass is 10.1. The first kappa shape index (κ1) is 23.9. The number of aryl methyl sites for hydroxylation is 1. The molecule has 0 unspecified atom stereocenters. The zero-order valence-electron chi connectivity index (χ0n) is 18.7. The highest BCUT2D eigenvalue weighted by Gasteiger charge is 2.16. The highest BCUT2D eigenvalue weighted by molar-refractivity contribution is 5.93. The number of hydrogen-bond donors (Lipinski definition) is 3. The lowest BCUT2D eigenvalue weighted by molar-refractivity contribution is -0.129. The van der Waals surface area contributed by atoms with Crippen molar-refractivity contribution >= 4 is 29.1 Å². The smallest absolute Gasteiger partial charge is 0.254 e. The number of carbonyl (C=O) groups excluding carboxylic acids is 2. The van der Waals surface area contributed by atoms with Crippen LogP contribution in [0.15, 0.2) is 67.0 Å². The van der Waals surface area contributed by atoms with Gasteiger partial charge in [-0.3, -0.25) is 19.7 Å². The first-order valence-electron chi connectivity index (χ1n) is 11.0. The largest absolute Gasteiger partial charge is 0.352 e. The van der Waals surface area contributed by atoms with Gasteiger partial charge < -0.3 is 5.32 Å². The summed E-state index contributed by atoms with van der Waals surface area (Å²) in [5.41, 5.74) is 5.01. The lowest BCUT2D eigenvalue weighted by Gasteiger charge is -2.23. The summed E-state index contributed by atoms with van der Waals surface area (Å²) in [6.07, 6.45) is 6.63. The molecule has 0 aliphatic heterocycles. The molecule has 2 aromatic carbocycles. The first-order chi connectivity index (χ1) is 16.1. The molecule has 0 bridgehead atoms. The van der Waals surface area contributed by atoms with E-state index in [2.05, 4.69) is 21.4 Å². The highest BCUT2D eigenvalue weighted by Crippen LogP contribution is 2.31. The Bertz CT molecular complexity index is 1040. The number of hydrogen-bond acceptors (Lipinski definition) is 6. The average Bonchev–Trinajstić information content (AvgIpc) is 2.84. The van der Waals surface area contributed by atoms with Crippen molar-refractivity contribution in [2.45, 2.75) is 39.0 Å². The van der Waals surface area contributed by atoms with Crippen LogP contribution in [-0.4, -0.2) is 33.5 Å². The topological polar surface area (TPSA) is 107 Å². The molecule has 172 valence electrons. The fraction of sp³-hybridized carbons (Fsp3) is 0.280. The highest BCUT2D eigenvalue weighted by atomic mass is 16.5. The Labute approximate surface area is 193 Å². The monoisotopic (exact) mass is 447 g/mol. The molecular weight excluding hydrogens is 418 g/mol. The second kappa shape index (κ2) is 12.3. The number of carbonyl (C=O) groups is 2. The molecule has 2 amide bonds. The third-order valence-corrected chi connectivity index (χ3v) is 5.12. The van der Waals surface area contributed by atoms with Crippen molar-refractivity contribution in [2.24, 2.45) is 0 Å². The number of nitrogens with one attached hydrogen (secondary N) is 2. The van der Waals surface area contributed by atoms with E-state index in [0.29, 0.717) is 30.9 Å². The molecule has 0 spiro atoms. The van der Waals surface area contributed by atoms with E-state index in [-0.39, 0.29) is 11.8 Å². The molecule has 1 aromatic heterocycles. The molecule has 0 aliphatic rings. The van der Waals surface area contributed by atoms with Gasteiger partial charge in [0, 0.05) is 36.7 Å². The van der Waals surface area contributed by atoms with Crippen LogP contribution in [0, 0.1) is 6.92 Å². The number of hydroxylamine groups is 1. The first-order valence-corrected chi connectivity index (χ1v) is 11.0. The van der Waals surface area contributed by atoms with Crippen molar-refractivity contribution in [1.82, 2.24) is 20.8 Å². The zero-order valence-corrected chi connectivity index (χ0v) is 18.7. The maximum atomic E-state index is 12.4. The molecule has 0 radical (unpaired) electrons. The predicted molar refractivity (Wildman–Crippen MR) is 127 cm³/mol. The second-order valence-corrected chi connectivity index (χ2v) is 7.74. The maximum absolute atomic E-state index is 12.4. The number of aromatic nitrogens is 2. The normalized spacial score (nSPS) is 10.5.